The summed E-state index contributed by atoms with van der Waals surface area (Å²) in [7, 11) is 0. The molecule has 8 heteroatoms. The molecule has 3 aromatic rings. The van der Waals surface area contributed by atoms with Crippen LogP contribution in [0.1, 0.15) is 22.5 Å². The number of carbonyl (C=O) groups excluding carboxylic acids is 1. The number of fused-ring (bicyclic) bond motifs is 1. The number of H-pyrrole nitrogens is 1. The summed E-state index contributed by atoms with van der Waals surface area (Å²) in [5.41, 5.74) is 10.9. The molecule has 8 nitrogen and oxygen atoms in total. The molecular weight excluding hydrogens is 306 g/mol. The topological polar surface area (TPSA) is 131 Å². The third kappa shape index (κ3) is 3.01. The first-order valence-corrected chi connectivity index (χ1v) is 7.29. The Balaban J connectivity index is 1.96. The Morgan fingerprint density at radius 1 is 1.42 bits per heavy atom. The van der Waals surface area contributed by atoms with Gasteiger partial charge in [-0.3, -0.25) is 10.5 Å². The van der Waals surface area contributed by atoms with E-state index in [1.165, 1.54) is 6.20 Å². The van der Waals surface area contributed by atoms with Gasteiger partial charge in [-0.1, -0.05) is 6.07 Å². The van der Waals surface area contributed by atoms with E-state index in [0.29, 0.717) is 5.82 Å². The molecule has 0 saturated heterocycles. The fraction of sp³-hybridized carbons (Fsp3) is 0.188. The van der Waals surface area contributed by atoms with Crippen LogP contribution >= 0.6 is 0 Å². The number of benzene rings is 1. The van der Waals surface area contributed by atoms with Gasteiger partial charge >= 0.3 is 0 Å². The Kier molecular flexibility index (Phi) is 4.07. The summed E-state index contributed by atoms with van der Waals surface area (Å²) >= 11 is 0. The highest BCUT2D eigenvalue weighted by Crippen LogP contribution is 2.24. The Labute approximate surface area is 137 Å². The van der Waals surface area contributed by atoms with Gasteiger partial charge in [0.25, 0.3) is 5.91 Å². The number of rotatable bonds is 4. The van der Waals surface area contributed by atoms with E-state index in [1.807, 2.05) is 31.2 Å². The zero-order valence-electron chi connectivity index (χ0n) is 12.9. The van der Waals surface area contributed by atoms with Crippen LogP contribution in [0.4, 0.5) is 5.82 Å². The quantitative estimate of drug-likeness (QED) is 0.708. The zero-order chi connectivity index (χ0) is 17.1. The molecule has 0 spiro atoms. The number of imidazole rings is 1. The first-order valence-electron chi connectivity index (χ1n) is 7.29. The van der Waals surface area contributed by atoms with Crippen molar-refractivity contribution in [2.45, 2.75) is 13.3 Å². The van der Waals surface area contributed by atoms with E-state index in [1.54, 1.807) is 0 Å². The second-order valence-corrected chi connectivity index (χ2v) is 5.22. The van der Waals surface area contributed by atoms with Gasteiger partial charge in [0.05, 0.1) is 29.7 Å². The molecule has 119 valence electrons. The monoisotopic (exact) mass is 320 g/mol. The average molecular weight is 320 g/mol. The van der Waals surface area contributed by atoms with Gasteiger partial charge in [0, 0.05) is 6.54 Å². The van der Waals surface area contributed by atoms with Crippen molar-refractivity contribution in [1.29, 1.82) is 5.26 Å². The molecule has 1 amide bonds. The summed E-state index contributed by atoms with van der Waals surface area (Å²) in [5, 5.41) is 11.1. The second kappa shape index (κ2) is 6.34. The SMILES string of the molecule is Cc1ccc2nc(-c3nc(C(=O)NCCC#N)cnc3[NH])[nH]c2c1. The van der Waals surface area contributed by atoms with E-state index in [2.05, 4.69) is 25.3 Å². The highest BCUT2D eigenvalue weighted by atomic mass is 16.1. The normalized spacial score (nSPS) is 10.5. The van der Waals surface area contributed by atoms with Crippen LogP contribution in [0.15, 0.2) is 24.4 Å². The maximum Gasteiger partial charge on any atom is 0.271 e. The van der Waals surface area contributed by atoms with E-state index < -0.39 is 5.91 Å². The van der Waals surface area contributed by atoms with Crippen LogP contribution < -0.4 is 11.1 Å². The number of nitrogens with zero attached hydrogens (tertiary/aromatic N) is 4. The minimum Gasteiger partial charge on any atom is -0.350 e. The molecule has 0 saturated carbocycles. The number of hydrogen-bond acceptors (Lipinski definition) is 5. The maximum absolute atomic E-state index is 12.0. The van der Waals surface area contributed by atoms with Gasteiger partial charge in [-0.05, 0) is 24.6 Å². The Morgan fingerprint density at radius 2 is 2.25 bits per heavy atom. The molecule has 24 heavy (non-hydrogen) atoms. The third-order valence-corrected chi connectivity index (χ3v) is 3.39. The summed E-state index contributed by atoms with van der Waals surface area (Å²) in [6, 6.07) is 7.71. The molecule has 0 atom stereocenters. The molecule has 0 aliphatic rings. The number of carbonyl (C=O) groups is 1. The summed E-state index contributed by atoms with van der Waals surface area (Å²) in [5.74, 6) is -0.120. The molecule has 2 heterocycles. The zero-order valence-corrected chi connectivity index (χ0v) is 12.9. The van der Waals surface area contributed by atoms with Crippen LogP contribution in [0.2, 0.25) is 0 Å². The van der Waals surface area contributed by atoms with Gasteiger partial charge in [-0.25, -0.2) is 15.0 Å². The number of aromatic nitrogens is 4. The van der Waals surface area contributed by atoms with Gasteiger partial charge < -0.3 is 10.3 Å². The number of aryl methyl sites for hydroxylation is 1. The molecule has 3 rings (SSSR count). The van der Waals surface area contributed by atoms with Gasteiger partial charge in [0.15, 0.2) is 17.3 Å². The largest absolute Gasteiger partial charge is 0.350 e. The summed E-state index contributed by atoms with van der Waals surface area (Å²) in [4.78, 5) is 27.6. The molecule has 0 unspecified atom stereocenters. The number of nitrogens with one attached hydrogen (secondary N) is 3. The third-order valence-electron chi connectivity index (χ3n) is 3.39. The van der Waals surface area contributed by atoms with Crippen molar-refractivity contribution in [1.82, 2.24) is 31.0 Å². The molecular formula is C16H14N7O. The van der Waals surface area contributed by atoms with Crippen LogP contribution in [0.3, 0.4) is 0 Å². The van der Waals surface area contributed by atoms with Crippen molar-refractivity contribution in [3.63, 3.8) is 0 Å². The molecule has 1 aromatic carbocycles. The van der Waals surface area contributed by atoms with Crippen LogP contribution in [0.25, 0.3) is 22.6 Å². The Morgan fingerprint density at radius 3 is 3.04 bits per heavy atom. The van der Waals surface area contributed by atoms with Crippen molar-refractivity contribution in [3.8, 4) is 17.6 Å². The Bertz CT molecular complexity index is 955. The van der Waals surface area contributed by atoms with E-state index in [-0.39, 0.29) is 30.2 Å². The van der Waals surface area contributed by atoms with Gasteiger partial charge in [0.1, 0.15) is 5.69 Å². The highest BCUT2D eigenvalue weighted by Gasteiger charge is 2.16. The van der Waals surface area contributed by atoms with E-state index >= 15 is 0 Å². The lowest BCUT2D eigenvalue weighted by Crippen LogP contribution is -2.25. The molecule has 0 bridgehead atoms. The molecule has 0 aliphatic heterocycles. The molecule has 0 fully saturated rings. The Hall–Kier alpha value is -3.47. The fourth-order valence-corrected chi connectivity index (χ4v) is 2.22. The second-order valence-electron chi connectivity index (χ2n) is 5.22. The first-order chi connectivity index (χ1) is 11.6. The van der Waals surface area contributed by atoms with Crippen LogP contribution in [0.5, 0.6) is 0 Å². The summed E-state index contributed by atoms with van der Waals surface area (Å²) in [6.45, 7) is 2.21. The molecule has 3 N–H and O–H groups in total. The lowest BCUT2D eigenvalue weighted by molar-refractivity contribution is 0.0949. The van der Waals surface area contributed by atoms with Gasteiger partial charge in [-0.2, -0.15) is 5.26 Å². The average Bonchev–Trinajstić information content (AvgIpc) is 2.98. The first kappa shape index (κ1) is 15.4. The van der Waals surface area contributed by atoms with Crippen molar-refractivity contribution in [3.05, 3.63) is 35.7 Å². The summed E-state index contributed by atoms with van der Waals surface area (Å²) < 4.78 is 0. The van der Waals surface area contributed by atoms with Crippen molar-refractivity contribution in [2.75, 3.05) is 6.54 Å². The minimum absolute atomic E-state index is 0.0700. The van der Waals surface area contributed by atoms with Crippen molar-refractivity contribution < 1.29 is 4.79 Å². The van der Waals surface area contributed by atoms with Crippen LogP contribution in [-0.4, -0.2) is 32.4 Å². The van der Waals surface area contributed by atoms with Crippen LogP contribution in [0, 0.1) is 18.3 Å². The predicted octanol–water partition coefficient (Wildman–Crippen LogP) is 1.89. The maximum atomic E-state index is 12.0. The lowest BCUT2D eigenvalue weighted by Gasteiger charge is -2.04. The van der Waals surface area contributed by atoms with E-state index in [9.17, 15) is 4.79 Å². The van der Waals surface area contributed by atoms with Gasteiger partial charge in [-0.15, -0.1) is 0 Å². The fourth-order valence-electron chi connectivity index (χ4n) is 2.22. The molecule has 1 radical (unpaired) electrons. The molecule has 2 aromatic heterocycles. The minimum atomic E-state index is -0.439. The predicted molar refractivity (Wildman–Crippen MR) is 87.2 cm³/mol. The van der Waals surface area contributed by atoms with Crippen LogP contribution in [-0.2, 0) is 0 Å². The van der Waals surface area contributed by atoms with E-state index in [0.717, 1.165) is 16.6 Å². The molecule has 0 aliphatic carbocycles. The number of hydrogen-bond donors (Lipinski definition) is 2. The van der Waals surface area contributed by atoms with Crippen molar-refractivity contribution in [2.24, 2.45) is 0 Å². The number of amides is 1. The van der Waals surface area contributed by atoms with Crippen molar-refractivity contribution >= 4 is 22.8 Å². The van der Waals surface area contributed by atoms with E-state index in [4.69, 9.17) is 11.0 Å². The standard InChI is InChI=1S/C16H14N7O/c1-9-3-4-10-11(7-9)23-15(22-10)13-14(18)20-8-12(21-13)16(24)19-6-2-5-17/h3-4,7-8,18H,2,6H2,1H3,(H,19,24)(H,22,23). The lowest BCUT2D eigenvalue weighted by atomic mass is 10.2. The number of nitriles is 1. The number of aromatic amines is 1. The van der Waals surface area contributed by atoms with Gasteiger partial charge in [0.2, 0.25) is 0 Å². The summed E-state index contributed by atoms with van der Waals surface area (Å²) in [6.07, 6.45) is 1.45. The highest BCUT2D eigenvalue weighted by molar-refractivity contribution is 5.93. The smallest absolute Gasteiger partial charge is 0.271 e.